The molecule has 3 saturated carbocycles. The number of aryl methyl sites for hydroxylation is 1. The Morgan fingerprint density at radius 3 is 2.42 bits per heavy atom. The highest BCUT2D eigenvalue weighted by Gasteiger charge is 2.69. The second kappa shape index (κ2) is 12.5. The summed E-state index contributed by atoms with van der Waals surface area (Å²) in [6.07, 6.45) is 17.7. The van der Waals surface area contributed by atoms with E-state index in [2.05, 4.69) is 64.8 Å². The number of carbonyl (C=O) groups is 1. The van der Waals surface area contributed by atoms with Gasteiger partial charge in [-0.25, -0.2) is 0 Å². The maximum Gasteiger partial charge on any atom is 0.282 e. The van der Waals surface area contributed by atoms with Crippen LogP contribution in [0.15, 0.2) is 47.0 Å². The molecular formula is C45H66N4O3S. The van der Waals surface area contributed by atoms with Gasteiger partial charge in [0.2, 0.25) is 5.91 Å². The van der Waals surface area contributed by atoms with Crippen LogP contribution < -0.4 is 5.32 Å². The van der Waals surface area contributed by atoms with Crippen molar-refractivity contribution >= 4 is 15.9 Å². The monoisotopic (exact) mass is 742 g/mol. The van der Waals surface area contributed by atoms with Crippen molar-refractivity contribution in [3.63, 3.8) is 0 Å². The maximum atomic E-state index is 14.5. The van der Waals surface area contributed by atoms with Crippen LogP contribution >= 0.6 is 0 Å². The maximum absolute atomic E-state index is 14.5. The summed E-state index contributed by atoms with van der Waals surface area (Å²) < 4.78 is 29.1. The van der Waals surface area contributed by atoms with Crippen LogP contribution in [0.4, 0.5) is 0 Å². The summed E-state index contributed by atoms with van der Waals surface area (Å²) in [5.41, 5.74) is 4.29. The standard InChI is InChI=1S/C45H66N4O3S/c1-31-13-12-14-33(27-31)53(51,52)49-30-32-28-42(6)36(41(4,5)38(32)47-49)17-18-44(8)37(42)16-15-34-35-29-40(2,3)19-21-45(35,22-20-43(34,44)7)39(50)46-23-26-48-24-10-9-11-25-48/h12-15,27,30,35-37H,9-11,16-26,28-29H2,1-8H3,(H,46,50)/t35-,36-,37+,42-,43+,44+,45-/m0/s1. The summed E-state index contributed by atoms with van der Waals surface area (Å²) in [6.45, 7) is 23.2. The number of aromatic nitrogens is 2. The summed E-state index contributed by atoms with van der Waals surface area (Å²) in [4.78, 5) is 17.4. The molecule has 2 aromatic rings. The summed E-state index contributed by atoms with van der Waals surface area (Å²) in [6, 6.07) is 7.16. The van der Waals surface area contributed by atoms with Gasteiger partial charge in [0.25, 0.3) is 10.0 Å². The molecule has 4 fully saturated rings. The molecule has 53 heavy (non-hydrogen) atoms. The topological polar surface area (TPSA) is 84.3 Å². The Bertz CT molecular complexity index is 1920. The van der Waals surface area contributed by atoms with Crippen LogP contribution in [0, 0.1) is 51.8 Å². The smallest absolute Gasteiger partial charge is 0.282 e. The van der Waals surface area contributed by atoms with E-state index in [1.165, 1.54) is 23.3 Å². The summed E-state index contributed by atoms with van der Waals surface area (Å²) in [7, 11) is -3.80. The Labute approximate surface area is 320 Å². The molecule has 0 radical (unpaired) electrons. The number of allylic oxidation sites excluding steroid dienone is 2. The number of amides is 1. The van der Waals surface area contributed by atoms with Gasteiger partial charge in [-0.15, -0.1) is 0 Å². The molecule has 1 amide bonds. The predicted octanol–water partition coefficient (Wildman–Crippen LogP) is 8.85. The quantitative estimate of drug-likeness (QED) is 0.299. The molecule has 7 atom stereocenters. The molecule has 0 unspecified atom stereocenters. The van der Waals surface area contributed by atoms with Crippen LogP contribution in [0.2, 0.25) is 0 Å². The van der Waals surface area contributed by atoms with Crippen molar-refractivity contribution < 1.29 is 13.2 Å². The molecular weight excluding hydrogens is 677 g/mol. The number of fused-ring (bicyclic) bond motifs is 8. The van der Waals surface area contributed by atoms with Gasteiger partial charge >= 0.3 is 0 Å². The summed E-state index contributed by atoms with van der Waals surface area (Å²) in [5.74, 6) is 1.45. The van der Waals surface area contributed by atoms with Crippen molar-refractivity contribution in [3.05, 3.63) is 58.9 Å². The van der Waals surface area contributed by atoms with Crippen molar-refractivity contribution in [3.8, 4) is 0 Å². The third-order valence-corrected chi connectivity index (χ3v) is 18.4. The third kappa shape index (κ3) is 5.59. The van der Waals surface area contributed by atoms with Gasteiger partial charge in [-0.05, 0) is 153 Å². The number of carbonyl (C=O) groups excluding carboxylic acids is 1. The third-order valence-electron chi connectivity index (χ3n) is 16.9. The Morgan fingerprint density at radius 1 is 0.943 bits per heavy atom. The lowest BCUT2D eigenvalue weighted by molar-refractivity contribution is -0.167. The predicted molar refractivity (Wildman–Crippen MR) is 212 cm³/mol. The Morgan fingerprint density at radius 2 is 1.68 bits per heavy atom. The molecule has 1 saturated heterocycles. The van der Waals surface area contributed by atoms with E-state index >= 15 is 0 Å². The minimum absolute atomic E-state index is 0.0122. The van der Waals surface area contributed by atoms with Crippen LogP contribution in [0.5, 0.6) is 0 Å². The van der Waals surface area contributed by atoms with Crippen molar-refractivity contribution in [1.82, 2.24) is 19.4 Å². The molecule has 1 aliphatic heterocycles. The molecule has 6 aliphatic rings. The molecule has 8 rings (SSSR count). The molecule has 1 aromatic heterocycles. The van der Waals surface area contributed by atoms with Gasteiger partial charge in [-0.3, -0.25) is 4.79 Å². The number of nitrogens with one attached hydrogen (secondary N) is 1. The Balaban J connectivity index is 1.12. The number of piperidine rings is 1. The number of hydrogen-bond donors (Lipinski definition) is 1. The van der Waals surface area contributed by atoms with Crippen molar-refractivity contribution in [1.29, 1.82) is 0 Å². The van der Waals surface area contributed by atoms with E-state index in [0.717, 1.165) is 101 Å². The zero-order chi connectivity index (χ0) is 37.8. The molecule has 290 valence electrons. The van der Waals surface area contributed by atoms with Crippen molar-refractivity contribution in [2.45, 2.75) is 143 Å². The molecule has 5 aliphatic carbocycles. The largest absolute Gasteiger partial charge is 0.354 e. The molecule has 1 aromatic carbocycles. The first kappa shape index (κ1) is 37.5. The highest BCUT2D eigenvalue weighted by atomic mass is 32.2. The molecule has 7 nitrogen and oxygen atoms in total. The number of nitrogens with zero attached hydrogens (tertiary/aromatic N) is 3. The molecule has 0 bridgehead atoms. The number of hydrogen-bond acceptors (Lipinski definition) is 5. The minimum atomic E-state index is -3.80. The van der Waals surface area contributed by atoms with Gasteiger partial charge in [0.1, 0.15) is 0 Å². The zero-order valence-corrected chi connectivity index (χ0v) is 34.8. The first-order valence-electron chi connectivity index (χ1n) is 21.0. The van der Waals surface area contributed by atoms with Crippen LogP contribution in [-0.2, 0) is 26.7 Å². The SMILES string of the molecule is Cc1cccc(S(=O)(=O)n2cc3c(n2)C(C)(C)[C@@H]2CC[C@]4(C)[C@H](CC=C5[C@@H]6CC(C)(C)CC[C@]6(C(=O)NCCN6CCCCC6)CC[C@]54C)[C@@]2(C)C3)c1. The van der Waals surface area contributed by atoms with Gasteiger partial charge in [0.05, 0.1) is 16.0 Å². The molecule has 0 spiro atoms. The van der Waals surface area contributed by atoms with Gasteiger partial charge in [0.15, 0.2) is 0 Å². The molecule has 1 N–H and O–H groups in total. The number of benzene rings is 1. The van der Waals surface area contributed by atoms with E-state index in [0.29, 0.717) is 22.6 Å². The zero-order valence-electron chi connectivity index (χ0n) is 34.0. The van der Waals surface area contributed by atoms with Crippen LogP contribution in [0.1, 0.15) is 136 Å². The van der Waals surface area contributed by atoms with E-state index in [1.54, 1.807) is 17.7 Å². The number of rotatable bonds is 6. The van der Waals surface area contributed by atoms with E-state index in [9.17, 15) is 13.2 Å². The molecule has 2 heterocycles. The fraction of sp³-hybridized carbons (Fsp3) is 0.733. The van der Waals surface area contributed by atoms with Gasteiger partial charge in [-0.2, -0.15) is 17.6 Å². The molecule has 8 heteroatoms. The second-order valence-corrected chi connectivity index (χ2v) is 22.4. The van der Waals surface area contributed by atoms with Gasteiger partial charge < -0.3 is 10.2 Å². The van der Waals surface area contributed by atoms with Crippen LogP contribution in [0.3, 0.4) is 0 Å². The highest BCUT2D eigenvalue weighted by Crippen LogP contribution is 2.75. The van der Waals surface area contributed by atoms with Crippen LogP contribution in [-0.4, -0.2) is 54.6 Å². The van der Waals surface area contributed by atoms with Gasteiger partial charge in [-0.1, -0.05) is 78.7 Å². The van der Waals surface area contributed by atoms with E-state index in [1.807, 2.05) is 25.3 Å². The Kier molecular flexibility index (Phi) is 8.86. The fourth-order valence-electron chi connectivity index (χ4n) is 13.8. The summed E-state index contributed by atoms with van der Waals surface area (Å²) >= 11 is 0. The van der Waals surface area contributed by atoms with Gasteiger partial charge in [0, 0.05) is 24.7 Å². The Hall–Kier alpha value is -2.45. The lowest BCUT2D eigenvalue weighted by Crippen LogP contribution is -2.65. The fourth-order valence-corrected chi connectivity index (χ4v) is 15.0. The van der Waals surface area contributed by atoms with E-state index in [-0.39, 0.29) is 38.4 Å². The van der Waals surface area contributed by atoms with Crippen LogP contribution in [0.25, 0.3) is 0 Å². The lowest BCUT2D eigenvalue weighted by atomic mass is 9.33. The summed E-state index contributed by atoms with van der Waals surface area (Å²) in [5, 5.41) is 8.43. The highest BCUT2D eigenvalue weighted by molar-refractivity contribution is 7.89. The number of likely N-dealkylation sites (tertiary alicyclic amines) is 1. The first-order valence-corrected chi connectivity index (χ1v) is 22.4. The van der Waals surface area contributed by atoms with Crippen molar-refractivity contribution in [2.75, 3.05) is 26.2 Å². The lowest BCUT2D eigenvalue weighted by Gasteiger charge is -2.70. The van der Waals surface area contributed by atoms with Crippen molar-refractivity contribution in [2.24, 2.45) is 44.8 Å². The normalized spacial score (nSPS) is 37.6. The average molecular weight is 743 g/mol. The second-order valence-electron chi connectivity index (χ2n) is 20.6. The average Bonchev–Trinajstić information content (AvgIpc) is 3.54. The minimum Gasteiger partial charge on any atom is -0.354 e. The van der Waals surface area contributed by atoms with E-state index < -0.39 is 10.0 Å². The first-order chi connectivity index (χ1) is 24.9. The van der Waals surface area contributed by atoms with E-state index in [4.69, 9.17) is 5.10 Å².